The van der Waals surface area contributed by atoms with Gasteiger partial charge in [-0.15, -0.1) is 11.3 Å². The van der Waals surface area contributed by atoms with Crippen LogP contribution in [-0.2, 0) is 6.42 Å². The lowest BCUT2D eigenvalue weighted by molar-refractivity contribution is 0.264. The highest BCUT2D eigenvalue weighted by Crippen LogP contribution is 2.14. The van der Waals surface area contributed by atoms with Crippen molar-refractivity contribution in [3.05, 3.63) is 16.1 Å². The molecule has 1 aromatic rings. The molecular weight excluding hydrogens is 230 g/mol. The monoisotopic (exact) mass is 253 g/mol. The summed E-state index contributed by atoms with van der Waals surface area (Å²) in [5.74, 6) is 0. The molecule has 0 saturated carbocycles. The largest absolute Gasteiger partial charge is 0.313 e. The van der Waals surface area contributed by atoms with E-state index in [1.807, 2.05) is 5.51 Å². The average molecular weight is 253 g/mol. The molecule has 2 rings (SSSR count). The molecule has 0 bridgehead atoms. The van der Waals surface area contributed by atoms with E-state index in [2.05, 4.69) is 29.0 Å². The van der Waals surface area contributed by atoms with Crippen molar-refractivity contribution in [1.82, 2.24) is 15.2 Å². The van der Waals surface area contributed by atoms with E-state index in [1.54, 1.807) is 11.3 Å². The molecule has 3 nitrogen and oxygen atoms in total. The predicted octanol–water partition coefficient (Wildman–Crippen LogP) is 2.07. The van der Waals surface area contributed by atoms with Crippen molar-refractivity contribution in [2.75, 3.05) is 26.2 Å². The quantitative estimate of drug-likeness (QED) is 0.841. The Balaban J connectivity index is 1.77. The first kappa shape index (κ1) is 13.0. The molecule has 1 aliphatic rings. The van der Waals surface area contributed by atoms with Crippen LogP contribution in [0.4, 0.5) is 0 Å². The smallest absolute Gasteiger partial charge is 0.0797 e. The summed E-state index contributed by atoms with van der Waals surface area (Å²) < 4.78 is 0. The summed E-state index contributed by atoms with van der Waals surface area (Å²) in [7, 11) is 0. The van der Waals surface area contributed by atoms with Crippen LogP contribution in [0, 0.1) is 6.92 Å². The van der Waals surface area contributed by atoms with E-state index >= 15 is 0 Å². The fourth-order valence-corrected chi connectivity index (χ4v) is 3.20. The average Bonchev–Trinajstić information content (AvgIpc) is 2.96. The first-order valence-electron chi connectivity index (χ1n) is 6.64. The van der Waals surface area contributed by atoms with Gasteiger partial charge in [0.25, 0.3) is 0 Å². The van der Waals surface area contributed by atoms with Crippen molar-refractivity contribution < 1.29 is 0 Å². The van der Waals surface area contributed by atoms with E-state index in [0.29, 0.717) is 0 Å². The van der Waals surface area contributed by atoms with Crippen molar-refractivity contribution in [3.63, 3.8) is 0 Å². The van der Waals surface area contributed by atoms with Gasteiger partial charge in [0.15, 0.2) is 0 Å². The number of likely N-dealkylation sites (N-methyl/N-ethyl adjacent to an activating group) is 1. The zero-order valence-electron chi connectivity index (χ0n) is 10.9. The number of thiazole rings is 1. The molecule has 1 N–H and O–H groups in total. The Labute approximate surface area is 108 Å². The van der Waals surface area contributed by atoms with Crippen LogP contribution < -0.4 is 5.32 Å². The molecule has 4 heteroatoms. The third-order valence-corrected chi connectivity index (χ3v) is 4.58. The molecular formula is C13H23N3S. The van der Waals surface area contributed by atoms with Gasteiger partial charge in [0, 0.05) is 24.0 Å². The van der Waals surface area contributed by atoms with E-state index in [-0.39, 0.29) is 0 Å². The Morgan fingerprint density at radius 1 is 1.59 bits per heavy atom. The Morgan fingerprint density at radius 2 is 2.47 bits per heavy atom. The summed E-state index contributed by atoms with van der Waals surface area (Å²) >= 11 is 1.79. The van der Waals surface area contributed by atoms with Crippen molar-refractivity contribution in [2.45, 2.75) is 39.2 Å². The van der Waals surface area contributed by atoms with Gasteiger partial charge in [0.05, 0.1) is 11.2 Å². The van der Waals surface area contributed by atoms with E-state index in [4.69, 9.17) is 0 Å². The molecule has 1 fully saturated rings. The maximum atomic E-state index is 4.31. The van der Waals surface area contributed by atoms with Gasteiger partial charge in [-0.1, -0.05) is 6.92 Å². The molecule has 1 aromatic heterocycles. The number of rotatable bonds is 6. The van der Waals surface area contributed by atoms with Gasteiger partial charge >= 0.3 is 0 Å². The van der Waals surface area contributed by atoms with Crippen molar-refractivity contribution in [3.8, 4) is 0 Å². The molecule has 0 radical (unpaired) electrons. The molecule has 0 aliphatic carbocycles. The number of aryl methyl sites for hydroxylation is 1. The van der Waals surface area contributed by atoms with E-state index < -0.39 is 0 Å². The van der Waals surface area contributed by atoms with Gasteiger partial charge in [-0.25, -0.2) is 4.98 Å². The van der Waals surface area contributed by atoms with Gasteiger partial charge < -0.3 is 10.2 Å². The molecule has 1 saturated heterocycles. The second-order valence-corrected chi connectivity index (χ2v) is 5.74. The number of hydrogen-bond acceptors (Lipinski definition) is 4. The topological polar surface area (TPSA) is 28.2 Å². The van der Waals surface area contributed by atoms with Crippen molar-refractivity contribution in [1.29, 1.82) is 0 Å². The standard InChI is InChI=1S/C13H23N3S/c1-3-16(9-12-5-4-7-14-12)8-6-13-11(2)15-10-17-13/h10,12,14H,3-9H2,1-2H3. The first-order valence-corrected chi connectivity index (χ1v) is 7.52. The second kappa shape index (κ2) is 6.47. The SMILES string of the molecule is CCN(CCc1scnc1C)CC1CCCN1. The summed E-state index contributed by atoms with van der Waals surface area (Å²) in [4.78, 5) is 8.32. The van der Waals surface area contributed by atoms with Crippen LogP contribution >= 0.6 is 11.3 Å². The third-order valence-electron chi connectivity index (χ3n) is 3.59. The number of nitrogens with one attached hydrogen (secondary N) is 1. The number of nitrogens with zero attached hydrogens (tertiary/aromatic N) is 2. The molecule has 0 spiro atoms. The Morgan fingerprint density at radius 3 is 3.06 bits per heavy atom. The van der Waals surface area contributed by atoms with E-state index in [1.165, 1.54) is 36.5 Å². The van der Waals surface area contributed by atoms with Crippen LogP contribution in [0.5, 0.6) is 0 Å². The molecule has 17 heavy (non-hydrogen) atoms. The van der Waals surface area contributed by atoms with Gasteiger partial charge in [-0.05, 0) is 39.3 Å². The lowest BCUT2D eigenvalue weighted by atomic mass is 10.2. The Hall–Kier alpha value is -0.450. The normalized spacial score (nSPS) is 20.3. The summed E-state index contributed by atoms with van der Waals surface area (Å²) in [6.07, 6.45) is 3.84. The summed E-state index contributed by atoms with van der Waals surface area (Å²) in [6.45, 7) is 9.09. The molecule has 96 valence electrons. The molecule has 1 unspecified atom stereocenters. The Bertz CT molecular complexity index is 331. The summed E-state index contributed by atoms with van der Waals surface area (Å²) in [5, 5.41) is 3.57. The van der Waals surface area contributed by atoms with Crippen molar-refractivity contribution >= 4 is 11.3 Å². The minimum absolute atomic E-state index is 0.720. The Kier molecular flexibility index (Phi) is 4.95. The van der Waals surface area contributed by atoms with Gasteiger partial charge in [0.2, 0.25) is 0 Å². The van der Waals surface area contributed by atoms with Crippen LogP contribution in [0.1, 0.15) is 30.3 Å². The summed E-state index contributed by atoms with van der Waals surface area (Å²) in [6, 6.07) is 0.720. The molecule has 0 amide bonds. The summed E-state index contributed by atoms with van der Waals surface area (Å²) in [5.41, 5.74) is 3.17. The first-order chi connectivity index (χ1) is 8.29. The lowest BCUT2D eigenvalue weighted by Gasteiger charge is -2.23. The molecule has 0 aromatic carbocycles. The minimum atomic E-state index is 0.720. The van der Waals surface area contributed by atoms with E-state index in [9.17, 15) is 0 Å². The molecule has 1 aliphatic heterocycles. The maximum Gasteiger partial charge on any atom is 0.0797 e. The molecule has 2 heterocycles. The van der Waals surface area contributed by atoms with Crippen LogP contribution in [0.15, 0.2) is 5.51 Å². The zero-order chi connectivity index (χ0) is 12.1. The maximum absolute atomic E-state index is 4.31. The van der Waals surface area contributed by atoms with E-state index in [0.717, 1.165) is 25.6 Å². The van der Waals surface area contributed by atoms with Gasteiger partial charge in [-0.3, -0.25) is 0 Å². The second-order valence-electron chi connectivity index (χ2n) is 4.80. The fraction of sp³-hybridized carbons (Fsp3) is 0.769. The zero-order valence-corrected chi connectivity index (χ0v) is 11.7. The fourth-order valence-electron chi connectivity index (χ4n) is 2.43. The van der Waals surface area contributed by atoms with Gasteiger partial charge in [-0.2, -0.15) is 0 Å². The van der Waals surface area contributed by atoms with Crippen LogP contribution in [0.25, 0.3) is 0 Å². The minimum Gasteiger partial charge on any atom is -0.313 e. The van der Waals surface area contributed by atoms with Gasteiger partial charge in [0.1, 0.15) is 0 Å². The highest BCUT2D eigenvalue weighted by molar-refractivity contribution is 7.09. The highest BCUT2D eigenvalue weighted by atomic mass is 32.1. The van der Waals surface area contributed by atoms with Crippen LogP contribution in [-0.4, -0.2) is 42.1 Å². The van der Waals surface area contributed by atoms with Crippen molar-refractivity contribution in [2.24, 2.45) is 0 Å². The third kappa shape index (κ3) is 3.76. The number of aromatic nitrogens is 1. The highest BCUT2D eigenvalue weighted by Gasteiger charge is 2.17. The van der Waals surface area contributed by atoms with Crippen LogP contribution in [0.3, 0.4) is 0 Å². The van der Waals surface area contributed by atoms with Crippen LogP contribution in [0.2, 0.25) is 0 Å². The number of hydrogen-bond donors (Lipinski definition) is 1. The molecule has 1 atom stereocenters. The predicted molar refractivity (Wildman–Crippen MR) is 73.7 cm³/mol. The lowest BCUT2D eigenvalue weighted by Crippen LogP contribution is -2.38.